The lowest BCUT2D eigenvalue weighted by molar-refractivity contribution is 0.0997. The van der Waals surface area contributed by atoms with Crippen molar-refractivity contribution in [2.45, 2.75) is 26.8 Å². The molecule has 1 aromatic heterocycles. The van der Waals surface area contributed by atoms with Crippen molar-refractivity contribution in [1.29, 1.82) is 0 Å². The molecule has 6 heteroatoms. The van der Waals surface area contributed by atoms with E-state index in [0.29, 0.717) is 22.7 Å². The molecule has 5 nitrogen and oxygen atoms in total. The van der Waals surface area contributed by atoms with Crippen molar-refractivity contribution in [2.24, 2.45) is 4.99 Å². The third-order valence-electron chi connectivity index (χ3n) is 4.67. The second-order valence-corrected chi connectivity index (χ2v) is 7.97. The van der Waals surface area contributed by atoms with Gasteiger partial charge < -0.3 is 14.0 Å². The smallest absolute Gasteiger partial charge is 0.279 e. The Balaban J connectivity index is 1.68. The molecule has 1 amide bonds. The molecule has 0 unspecified atom stereocenters. The van der Waals surface area contributed by atoms with Gasteiger partial charge in [-0.15, -0.1) is 0 Å². The van der Waals surface area contributed by atoms with Crippen LogP contribution in [0.4, 0.5) is 0 Å². The van der Waals surface area contributed by atoms with Crippen LogP contribution in [0, 0.1) is 0 Å². The largest absolute Gasteiger partial charge is 0.494 e. The number of nitrogens with zero attached hydrogens (tertiary/aromatic N) is 2. The lowest BCUT2D eigenvalue weighted by Crippen LogP contribution is -2.16. The minimum atomic E-state index is -0.292. The van der Waals surface area contributed by atoms with E-state index in [1.807, 2.05) is 61.5 Å². The first-order valence-corrected chi connectivity index (χ1v) is 11.2. The number of aryl methyl sites for hydroxylation is 1. The van der Waals surface area contributed by atoms with Gasteiger partial charge in [0.2, 0.25) is 0 Å². The van der Waals surface area contributed by atoms with Crippen LogP contribution in [0.3, 0.4) is 0 Å². The van der Waals surface area contributed by atoms with Gasteiger partial charge in [0.1, 0.15) is 17.2 Å². The topological polar surface area (TPSA) is 52.8 Å². The standard InChI is InChI=1S/C25H24N2O3S/c1-3-15-27-22-14-13-20(29-4-2)17-23(22)31-25(27)26-24(28)18-9-8-12-21(16-18)30-19-10-6-5-7-11-19/h5-14,16-17H,3-4,15H2,1-2H3. The summed E-state index contributed by atoms with van der Waals surface area (Å²) in [5, 5.41) is 0. The van der Waals surface area contributed by atoms with Crippen molar-refractivity contribution in [2.75, 3.05) is 6.61 Å². The highest BCUT2D eigenvalue weighted by Gasteiger charge is 2.11. The minimum absolute atomic E-state index is 0.292. The van der Waals surface area contributed by atoms with Crippen molar-refractivity contribution in [3.63, 3.8) is 0 Å². The lowest BCUT2D eigenvalue weighted by Gasteiger charge is -2.06. The van der Waals surface area contributed by atoms with Crippen LogP contribution in [0.2, 0.25) is 0 Å². The number of carbonyl (C=O) groups is 1. The van der Waals surface area contributed by atoms with Crippen LogP contribution in [0.1, 0.15) is 30.6 Å². The van der Waals surface area contributed by atoms with Gasteiger partial charge >= 0.3 is 0 Å². The van der Waals surface area contributed by atoms with Crippen LogP contribution < -0.4 is 14.3 Å². The molecule has 1 heterocycles. The maximum Gasteiger partial charge on any atom is 0.279 e. The van der Waals surface area contributed by atoms with Crippen molar-refractivity contribution < 1.29 is 14.3 Å². The normalized spacial score (nSPS) is 11.6. The van der Waals surface area contributed by atoms with Gasteiger partial charge in [0, 0.05) is 12.1 Å². The molecule has 0 saturated heterocycles. The molecule has 4 aromatic rings. The number of hydrogen-bond donors (Lipinski definition) is 0. The number of amides is 1. The van der Waals surface area contributed by atoms with Crippen LogP contribution in [0.15, 0.2) is 77.8 Å². The van der Waals surface area contributed by atoms with Gasteiger partial charge in [-0.3, -0.25) is 4.79 Å². The summed E-state index contributed by atoms with van der Waals surface area (Å²) >= 11 is 1.50. The molecule has 0 fully saturated rings. The Kier molecular flexibility index (Phi) is 6.48. The summed E-state index contributed by atoms with van der Waals surface area (Å²) in [6.07, 6.45) is 0.945. The molecule has 158 valence electrons. The first-order chi connectivity index (χ1) is 15.2. The van der Waals surface area contributed by atoms with E-state index in [-0.39, 0.29) is 5.91 Å². The van der Waals surface area contributed by atoms with E-state index in [1.165, 1.54) is 11.3 Å². The molecule has 0 spiro atoms. The Hall–Kier alpha value is -3.38. The van der Waals surface area contributed by atoms with Crippen molar-refractivity contribution >= 4 is 27.5 Å². The second-order valence-electron chi connectivity index (χ2n) is 6.96. The molecule has 3 aromatic carbocycles. The highest BCUT2D eigenvalue weighted by Crippen LogP contribution is 2.25. The fourth-order valence-corrected chi connectivity index (χ4v) is 4.39. The van der Waals surface area contributed by atoms with Gasteiger partial charge in [-0.25, -0.2) is 0 Å². The van der Waals surface area contributed by atoms with E-state index >= 15 is 0 Å². The molecule has 0 saturated carbocycles. The maximum atomic E-state index is 13.0. The Morgan fingerprint density at radius 3 is 2.52 bits per heavy atom. The molecule has 31 heavy (non-hydrogen) atoms. The summed E-state index contributed by atoms with van der Waals surface area (Å²) < 4.78 is 14.6. The number of aromatic nitrogens is 1. The van der Waals surface area contributed by atoms with E-state index in [1.54, 1.807) is 18.2 Å². The summed E-state index contributed by atoms with van der Waals surface area (Å²) in [4.78, 5) is 18.1. The number of carbonyl (C=O) groups excluding carboxylic acids is 1. The Bertz CT molecular complexity index is 1260. The molecule has 0 atom stereocenters. The summed E-state index contributed by atoms with van der Waals surface area (Å²) in [5.41, 5.74) is 1.55. The van der Waals surface area contributed by atoms with Crippen LogP contribution in [-0.4, -0.2) is 17.1 Å². The average Bonchev–Trinajstić information content (AvgIpc) is 3.11. The van der Waals surface area contributed by atoms with E-state index in [0.717, 1.165) is 34.7 Å². The quantitative estimate of drug-likeness (QED) is 0.357. The van der Waals surface area contributed by atoms with Crippen LogP contribution in [0.25, 0.3) is 10.2 Å². The number of fused-ring (bicyclic) bond motifs is 1. The van der Waals surface area contributed by atoms with Gasteiger partial charge in [0.25, 0.3) is 5.91 Å². The molecule has 0 aliphatic heterocycles. The Morgan fingerprint density at radius 2 is 1.74 bits per heavy atom. The molecule has 0 radical (unpaired) electrons. The molecule has 4 rings (SSSR count). The molecular formula is C25H24N2O3S. The zero-order chi connectivity index (χ0) is 21.6. The lowest BCUT2D eigenvalue weighted by atomic mass is 10.2. The predicted octanol–water partition coefficient (Wildman–Crippen LogP) is 6.04. The van der Waals surface area contributed by atoms with Crippen molar-refractivity contribution in [3.05, 3.63) is 83.2 Å². The van der Waals surface area contributed by atoms with E-state index in [9.17, 15) is 4.79 Å². The summed E-state index contributed by atoms with van der Waals surface area (Å²) in [6, 6.07) is 22.6. The second kappa shape index (κ2) is 9.62. The molecule has 0 N–H and O–H groups in total. The highest BCUT2D eigenvalue weighted by atomic mass is 32.1. The molecule has 0 aliphatic rings. The number of rotatable bonds is 7. The van der Waals surface area contributed by atoms with Crippen molar-refractivity contribution in [1.82, 2.24) is 4.57 Å². The predicted molar refractivity (Wildman–Crippen MR) is 124 cm³/mol. The van der Waals surface area contributed by atoms with Crippen LogP contribution in [-0.2, 0) is 6.54 Å². The number of ether oxygens (including phenoxy) is 2. The van der Waals surface area contributed by atoms with Gasteiger partial charge in [-0.1, -0.05) is 42.5 Å². The Labute approximate surface area is 185 Å². The van der Waals surface area contributed by atoms with E-state index in [4.69, 9.17) is 9.47 Å². The van der Waals surface area contributed by atoms with Crippen molar-refractivity contribution in [3.8, 4) is 17.2 Å². The monoisotopic (exact) mass is 432 g/mol. The summed E-state index contributed by atoms with van der Waals surface area (Å²) in [5.74, 6) is 1.86. The summed E-state index contributed by atoms with van der Waals surface area (Å²) in [7, 11) is 0. The number of hydrogen-bond acceptors (Lipinski definition) is 4. The third-order valence-corrected chi connectivity index (χ3v) is 5.71. The number of benzene rings is 3. The van der Waals surface area contributed by atoms with E-state index in [2.05, 4.69) is 16.5 Å². The SMILES string of the molecule is CCCn1c(=NC(=O)c2cccc(Oc3ccccc3)c2)sc2cc(OCC)ccc21. The first kappa shape index (κ1) is 20.9. The summed E-state index contributed by atoms with van der Waals surface area (Å²) in [6.45, 7) is 5.48. The van der Waals surface area contributed by atoms with Gasteiger partial charge in [0.05, 0.1) is 16.8 Å². The minimum Gasteiger partial charge on any atom is -0.494 e. The van der Waals surface area contributed by atoms with E-state index < -0.39 is 0 Å². The zero-order valence-corrected chi connectivity index (χ0v) is 18.4. The first-order valence-electron chi connectivity index (χ1n) is 10.4. The highest BCUT2D eigenvalue weighted by molar-refractivity contribution is 7.16. The average molecular weight is 433 g/mol. The Morgan fingerprint density at radius 1 is 0.935 bits per heavy atom. The fourth-order valence-electron chi connectivity index (χ4n) is 3.30. The zero-order valence-electron chi connectivity index (χ0n) is 17.6. The number of thiazole rings is 1. The molecule has 0 aliphatic carbocycles. The van der Waals surface area contributed by atoms with Gasteiger partial charge in [-0.2, -0.15) is 4.99 Å². The van der Waals surface area contributed by atoms with Gasteiger partial charge in [-0.05, 0) is 61.9 Å². The van der Waals surface area contributed by atoms with Crippen LogP contribution in [0.5, 0.6) is 17.2 Å². The maximum absolute atomic E-state index is 13.0. The molecular weight excluding hydrogens is 408 g/mol. The molecule has 0 bridgehead atoms. The fraction of sp³-hybridized carbons (Fsp3) is 0.200. The third kappa shape index (κ3) is 4.86. The van der Waals surface area contributed by atoms with Gasteiger partial charge in [0.15, 0.2) is 4.80 Å². The number of para-hydroxylation sites is 1. The van der Waals surface area contributed by atoms with Crippen LogP contribution >= 0.6 is 11.3 Å².